The van der Waals surface area contributed by atoms with Gasteiger partial charge in [-0.05, 0) is 36.4 Å². The van der Waals surface area contributed by atoms with E-state index in [1.165, 1.54) is 17.2 Å². The second-order valence-corrected chi connectivity index (χ2v) is 9.40. The van der Waals surface area contributed by atoms with Crippen LogP contribution in [0.4, 0.5) is 5.69 Å². The number of amides is 1. The SMILES string of the molecule is O=C(CSc1ccc2c(c1)OCCO2)N(c1ccccc1)[C@H]1C=CS(=O)(=O)C1. The molecule has 2 heterocycles. The minimum absolute atomic E-state index is 0.0949. The fourth-order valence-electron chi connectivity index (χ4n) is 3.16. The van der Waals surface area contributed by atoms with Gasteiger partial charge in [0.1, 0.15) is 13.2 Å². The van der Waals surface area contributed by atoms with E-state index in [2.05, 4.69) is 0 Å². The maximum Gasteiger partial charge on any atom is 0.237 e. The van der Waals surface area contributed by atoms with Crippen molar-refractivity contribution in [1.82, 2.24) is 0 Å². The molecular weight excluding hydrogens is 398 g/mol. The molecule has 0 unspecified atom stereocenters. The highest BCUT2D eigenvalue weighted by Gasteiger charge is 2.31. The Morgan fingerprint density at radius 1 is 1.07 bits per heavy atom. The normalized spacial score (nSPS) is 19.4. The van der Waals surface area contributed by atoms with E-state index in [1.807, 2.05) is 48.5 Å². The van der Waals surface area contributed by atoms with Gasteiger partial charge < -0.3 is 14.4 Å². The summed E-state index contributed by atoms with van der Waals surface area (Å²) in [6, 6.07) is 14.2. The van der Waals surface area contributed by atoms with Crippen LogP contribution in [-0.2, 0) is 14.6 Å². The quantitative estimate of drug-likeness (QED) is 0.697. The molecule has 28 heavy (non-hydrogen) atoms. The zero-order chi connectivity index (χ0) is 19.6. The van der Waals surface area contributed by atoms with Gasteiger partial charge in [-0.1, -0.05) is 18.2 Å². The number of carbonyl (C=O) groups excluding carboxylic acids is 1. The summed E-state index contributed by atoms with van der Waals surface area (Å²) in [6.07, 6.45) is 1.58. The number of carbonyl (C=O) groups is 1. The van der Waals surface area contributed by atoms with Gasteiger partial charge >= 0.3 is 0 Å². The average molecular weight is 418 g/mol. The highest BCUT2D eigenvalue weighted by Crippen LogP contribution is 2.34. The van der Waals surface area contributed by atoms with Crippen molar-refractivity contribution in [2.45, 2.75) is 10.9 Å². The summed E-state index contributed by atoms with van der Waals surface area (Å²) in [6.45, 7) is 1.03. The molecule has 8 heteroatoms. The lowest BCUT2D eigenvalue weighted by molar-refractivity contribution is -0.116. The van der Waals surface area contributed by atoms with Crippen molar-refractivity contribution in [3.05, 3.63) is 60.0 Å². The molecular formula is C20H19NO5S2. The summed E-state index contributed by atoms with van der Waals surface area (Å²) in [4.78, 5) is 15.5. The minimum atomic E-state index is -3.27. The van der Waals surface area contributed by atoms with Crippen LogP contribution in [0.2, 0.25) is 0 Å². The van der Waals surface area contributed by atoms with Crippen LogP contribution in [0.25, 0.3) is 0 Å². The van der Waals surface area contributed by atoms with Crippen LogP contribution >= 0.6 is 11.8 Å². The Hall–Kier alpha value is -2.45. The molecule has 146 valence electrons. The highest BCUT2D eigenvalue weighted by molar-refractivity contribution is 8.00. The smallest absolute Gasteiger partial charge is 0.237 e. The third kappa shape index (κ3) is 4.18. The maximum absolute atomic E-state index is 13.0. The first-order chi connectivity index (χ1) is 13.5. The number of fused-ring (bicyclic) bond motifs is 1. The number of para-hydroxylation sites is 1. The summed E-state index contributed by atoms with van der Waals surface area (Å²) in [5.74, 6) is 1.31. The number of anilines is 1. The van der Waals surface area contributed by atoms with E-state index in [0.29, 0.717) is 30.4 Å². The van der Waals surface area contributed by atoms with Crippen molar-refractivity contribution in [3.8, 4) is 11.5 Å². The molecule has 2 aliphatic heterocycles. The Bertz CT molecular complexity index is 1000. The van der Waals surface area contributed by atoms with Crippen molar-refractivity contribution in [3.63, 3.8) is 0 Å². The lowest BCUT2D eigenvalue weighted by Crippen LogP contribution is -2.42. The number of hydrogen-bond donors (Lipinski definition) is 0. The van der Waals surface area contributed by atoms with Crippen molar-refractivity contribution in [2.24, 2.45) is 0 Å². The monoisotopic (exact) mass is 417 g/mol. The van der Waals surface area contributed by atoms with Crippen LogP contribution in [-0.4, -0.2) is 45.1 Å². The largest absolute Gasteiger partial charge is 0.486 e. The summed E-state index contributed by atoms with van der Waals surface area (Å²) in [5.41, 5.74) is 0.682. The first kappa shape index (κ1) is 18.9. The molecule has 0 aromatic heterocycles. The van der Waals surface area contributed by atoms with Gasteiger partial charge in [0.2, 0.25) is 5.91 Å². The summed E-state index contributed by atoms with van der Waals surface area (Å²) in [5, 5.41) is 1.19. The van der Waals surface area contributed by atoms with Gasteiger partial charge in [0, 0.05) is 16.0 Å². The van der Waals surface area contributed by atoms with E-state index in [4.69, 9.17) is 9.47 Å². The summed E-state index contributed by atoms with van der Waals surface area (Å²) >= 11 is 1.38. The molecule has 2 aromatic rings. The second kappa shape index (κ2) is 7.89. The van der Waals surface area contributed by atoms with Crippen LogP contribution in [0.1, 0.15) is 0 Å². The Morgan fingerprint density at radius 2 is 1.82 bits per heavy atom. The van der Waals surface area contributed by atoms with Crippen molar-refractivity contribution in [1.29, 1.82) is 0 Å². The molecule has 0 bridgehead atoms. The zero-order valence-corrected chi connectivity index (χ0v) is 16.6. The van der Waals surface area contributed by atoms with Crippen LogP contribution in [0.3, 0.4) is 0 Å². The zero-order valence-electron chi connectivity index (χ0n) is 15.0. The molecule has 0 aliphatic carbocycles. The van der Waals surface area contributed by atoms with Gasteiger partial charge in [-0.2, -0.15) is 0 Å². The molecule has 4 rings (SSSR count). The minimum Gasteiger partial charge on any atom is -0.486 e. The number of ether oxygens (including phenoxy) is 2. The molecule has 0 N–H and O–H groups in total. The molecule has 0 fully saturated rings. The molecule has 1 amide bonds. The van der Waals surface area contributed by atoms with E-state index in [9.17, 15) is 13.2 Å². The summed E-state index contributed by atoms with van der Waals surface area (Å²) < 4.78 is 34.8. The molecule has 0 spiro atoms. The molecule has 2 aliphatic rings. The van der Waals surface area contributed by atoms with Crippen LogP contribution in [0.5, 0.6) is 11.5 Å². The van der Waals surface area contributed by atoms with Crippen molar-refractivity contribution < 1.29 is 22.7 Å². The number of hydrogen-bond acceptors (Lipinski definition) is 6. The Labute approximate surface area is 168 Å². The van der Waals surface area contributed by atoms with Crippen molar-refractivity contribution >= 4 is 33.2 Å². The topological polar surface area (TPSA) is 72.9 Å². The lowest BCUT2D eigenvalue weighted by Gasteiger charge is -2.27. The Balaban J connectivity index is 1.51. The second-order valence-electron chi connectivity index (χ2n) is 6.42. The van der Waals surface area contributed by atoms with E-state index >= 15 is 0 Å². The average Bonchev–Trinajstić information content (AvgIpc) is 3.06. The third-order valence-electron chi connectivity index (χ3n) is 4.42. The lowest BCUT2D eigenvalue weighted by atomic mass is 10.2. The first-order valence-electron chi connectivity index (χ1n) is 8.82. The first-order valence-corrected chi connectivity index (χ1v) is 11.5. The van der Waals surface area contributed by atoms with E-state index in [-0.39, 0.29) is 17.4 Å². The Kier molecular flexibility index (Phi) is 5.32. The molecule has 2 aromatic carbocycles. The van der Waals surface area contributed by atoms with Crippen molar-refractivity contribution in [2.75, 3.05) is 29.6 Å². The molecule has 6 nitrogen and oxygen atoms in total. The molecule has 0 saturated carbocycles. The molecule has 1 atom stereocenters. The van der Waals surface area contributed by atoms with Gasteiger partial charge in [0.15, 0.2) is 21.3 Å². The molecule has 0 radical (unpaired) electrons. The van der Waals surface area contributed by atoms with E-state index in [0.717, 1.165) is 4.90 Å². The van der Waals surface area contributed by atoms with Crippen LogP contribution in [0, 0.1) is 0 Å². The van der Waals surface area contributed by atoms with Gasteiger partial charge in [0.05, 0.1) is 17.5 Å². The standard InChI is InChI=1S/C20H19NO5S2/c22-20(13-27-17-6-7-18-19(12-17)26-10-9-25-18)21(15-4-2-1-3-5-15)16-8-11-28(23,24)14-16/h1-8,11-12,16H,9-10,13-14H2/t16-/m0/s1. The third-order valence-corrected chi connectivity index (χ3v) is 6.78. The van der Waals surface area contributed by atoms with Gasteiger partial charge in [-0.25, -0.2) is 8.42 Å². The molecule has 0 saturated heterocycles. The fraction of sp³-hybridized carbons (Fsp3) is 0.250. The van der Waals surface area contributed by atoms with E-state index in [1.54, 1.807) is 11.0 Å². The van der Waals surface area contributed by atoms with Gasteiger partial charge in [-0.3, -0.25) is 4.79 Å². The highest BCUT2D eigenvalue weighted by atomic mass is 32.2. The predicted molar refractivity (Wildman–Crippen MR) is 109 cm³/mol. The summed E-state index contributed by atoms with van der Waals surface area (Å²) in [7, 11) is -3.27. The number of thioether (sulfide) groups is 1. The predicted octanol–water partition coefficient (Wildman–Crippen LogP) is 2.89. The van der Waals surface area contributed by atoms with Gasteiger partial charge in [-0.15, -0.1) is 11.8 Å². The van der Waals surface area contributed by atoms with Crippen LogP contribution in [0.15, 0.2) is 64.9 Å². The Morgan fingerprint density at radius 3 is 2.54 bits per heavy atom. The van der Waals surface area contributed by atoms with Crippen LogP contribution < -0.4 is 14.4 Å². The number of benzene rings is 2. The maximum atomic E-state index is 13.0. The number of sulfone groups is 1. The van der Waals surface area contributed by atoms with E-state index < -0.39 is 15.9 Å². The fourth-order valence-corrected chi connectivity index (χ4v) is 5.21. The number of nitrogens with zero attached hydrogens (tertiary/aromatic N) is 1. The van der Waals surface area contributed by atoms with Gasteiger partial charge in [0.25, 0.3) is 0 Å². The number of rotatable bonds is 5.